The first kappa shape index (κ1) is 11.9. The Hall–Kier alpha value is -2.16. The van der Waals surface area contributed by atoms with E-state index in [0.29, 0.717) is 12.0 Å². The Morgan fingerprint density at radius 2 is 1.74 bits per heavy atom. The van der Waals surface area contributed by atoms with E-state index in [1.165, 1.54) is 0 Å². The Balaban J connectivity index is 2.03. The highest BCUT2D eigenvalue weighted by atomic mass is 16.1. The predicted molar refractivity (Wildman–Crippen MR) is 73.4 cm³/mol. The molecular weight excluding hydrogens is 238 g/mol. The van der Waals surface area contributed by atoms with Crippen molar-refractivity contribution in [3.63, 3.8) is 0 Å². The number of carbonyl (C=O) groups is 2. The highest BCUT2D eigenvalue weighted by molar-refractivity contribution is 5.97. The number of fused-ring (bicyclic) bond motifs is 1. The highest BCUT2D eigenvalue weighted by Crippen LogP contribution is 2.27. The van der Waals surface area contributed by atoms with Crippen LogP contribution in [0, 0.1) is 0 Å². The molecule has 1 aromatic carbocycles. The van der Waals surface area contributed by atoms with Gasteiger partial charge in [0.15, 0.2) is 11.6 Å². The van der Waals surface area contributed by atoms with E-state index in [1.807, 2.05) is 36.4 Å². The Labute approximate surface area is 111 Å². The zero-order valence-corrected chi connectivity index (χ0v) is 10.8. The fourth-order valence-corrected chi connectivity index (χ4v) is 2.61. The van der Waals surface area contributed by atoms with Crippen molar-refractivity contribution in [3.8, 4) is 11.3 Å². The van der Waals surface area contributed by atoms with Crippen molar-refractivity contribution in [1.29, 1.82) is 0 Å². The first-order chi connectivity index (χ1) is 9.16. The molecule has 1 aromatic heterocycles. The summed E-state index contributed by atoms with van der Waals surface area (Å²) in [6.07, 6.45) is 1.55. The second kappa shape index (κ2) is 4.50. The van der Waals surface area contributed by atoms with E-state index < -0.39 is 0 Å². The largest absolute Gasteiger partial charge is 0.338 e. The van der Waals surface area contributed by atoms with Crippen LogP contribution in [-0.4, -0.2) is 16.1 Å². The summed E-state index contributed by atoms with van der Waals surface area (Å²) in [5.74, 6) is 0.289. The molecule has 3 heteroatoms. The summed E-state index contributed by atoms with van der Waals surface area (Å²) < 4.78 is 2.08. The van der Waals surface area contributed by atoms with Gasteiger partial charge >= 0.3 is 0 Å². The van der Waals surface area contributed by atoms with Crippen molar-refractivity contribution >= 4 is 11.6 Å². The maximum absolute atomic E-state index is 11.8. The summed E-state index contributed by atoms with van der Waals surface area (Å²) >= 11 is 0. The Kier molecular flexibility index (Phi) is 2.82. The first-order valence-corrected chi connectivity index (χ1v) is 6.51. The van der Waals surface area contributed by atoms with Crippen LogP contribution in [0.15, 0.2) is 36.4 Å². The molecule has 2 aromatic rings. The van der Waals surface area contributed by atoms with Crippen molar-refractivity contribution in [1.82, 2.24) is 4.57 Å². The van der Waals surface area contributed by atoms with Crippen molar-refractivity contribution in [2.75, 3.05) is 0 Å². The first-order valence-electron chi connectivity index (χ1n) is 6.51. The summed E-state index contributed by atoms with van der Waals surface area (Å²) in [5.41, 5.74) is 3.62. The molecule has 3 rings (SSSR count). The lowest BCUT2D eigenvalue weighted by Gasteiger charge is -2.17. The molecule has 0 saturated heterocycles. The number of rotatable bonds is 2. The third-order valence-electron chi connectivity index (χ3n) is 3.64. The normalized spacial score (nSPS) is 14.3. The van der Waals surface area contributed by atoms with Gasteiger partial charge in [-0.1, -0.05) is 24.3 Å². The Morgan fingerprint density at radius 3 is 2.42 bits per heavy atom. The minimum Gasteiger partial charge on any atom is -0.338 e. The molecule has 0 bridgehead atoms. The van der Waals surface area contributed by atoms with Crippen molar-refractivity contribution < 1.29 is 9.59 Å². The number of hydrogen-bond donors (Lipinski definition) is 0. The van der Waals surface area contributed by atoms with Gasteiger partial charge in [-0.2, -0.15) is 0 Å². The van der Waals surface area contributed by atoms with E-state index in [4.69, 9.17) is 0 Å². The number of Topliss-reactive ketones (excluding diaryl/α,β-unsaturated/α-hetero) is 2. The summed E-state index contributed by atoms with van der Waals surface area (Å²) in [5, 5.41) is 0. The van der Waals surface area contributed by atoms with Crippen LogP contribution in [-0.2, 0) is 6.54 Å². The van der Waals surface area contributed by atoms with Crippen LogP contribution in [0.25, 0.3) is 11.3 Å². The lowest BCUT2D eigenvalue weighted by molar-refractivity contribution is 0.0954. The number of hydrogen-bond acceptors (Lipinski definition) is 2. The average molecular weight is 253 g/mol. The number of ketones is 2. The molecule has 0 fully saturated rings. The SMILES string of the molecule is CC(=O)c1ccc(-c2ccc3n2CCCC3=O)cc1. The Bertz CT molecular complexity index is 650. The summed E-state index contributed by atoms with van der Waals surface area (Å²) in [4.78, 5) is 23.1. The molecule has 0 unspecified atom stereocenters. The molecule has 3 nitrogen and oxygen atoms in total. The van der Waals surface area contributed by atoms with E-state index in [2.05, 4.69) is 4.57 Å². The monoisotopic (exact) mass is 253 g/mol. The molecule has 2 heterocycles. The highest BCUT2D eigenvalue weighted by Gasteiger charge is 2.19. The minimum atomic E-state index is 0.0684. The van der Waals surface area contributed by atoms with Gasteiger partial charge in [-0.25, -0.2) is 0 Å². The molecule has 0 N–H and O–H groups in total. The molecule has 0 aliphatic carbocycles. The van der Waals surface area contributed by atoms with Crippen LogP contribution in [0.2, 0.25) is 0 Å². The van der Waals surface area contributed by atoms with Gasteiger partial charge in [0, 0.05) is 24.2 Å². The van der Waals surface area contributed by atoms with Crippen LogP contribution in [0.3, 0.4) is 0 Å². The van der Waals surface area contributed by atoms with Crippen LogP contribution in [0.4, 0.5) is 0 Å². The predicted octanol–water partition coefficient (Wildman–Crippen LogP) is 3.33. The lowest BCUT2D eigenvalue weighted by atomic mass is 10.1. The third kappa shape index (κ3) is 2.01. The van der Waals surface area contributed by atoms with E-state index >= 15 is 0 Å². The zero-order chi connectivity index (χ0) is 13.4. The van der Waals surface area contributed by atoms with Gasteiger partial charge in [0.05, 0.1) is 5.69 Å². The van der Waals surface area contributed by atoms with Crippen LogP contribution >= 0.6 is 0 Å². The standard InChI is InChI=1S/C16H15NO2/c1-11(18)12-4-6-13(7-5-12)14-8-9-15-16(19)3-2-10-17(14)15/h4-9H,2-3,10H2,1H3. The van der Waals surface area contributed by atoms with Crippen molar-refractivity contribution in [3.05, 3.63) is 47.7 Å². The third-order valence-corrected chi connectivity index (χ3v) is 3.64. The molecular formula is C16H15NO2. The molecule has 0 saturated carbocycles. The number of aromatic nitrogens is 1. The van der Waals surface area contributed by atoms with Gasteiger partial charge in [-0.3, -0.25) is 9.59 Å². The van der Waals surface area contributed by atoms with E-state index in [-0.39, 0.29) is 11.6 Å². The maximum Gasteiger partial charge on any atom is 0.179 e. The number of carbonyl (C=O) groups excluding carboxylic acids is 2. The summed E-state index contributed by atoms with van der Waals surface area (Å²) in [6.45, 7) is 2.45. The van der Waals surface area contributed by atoms with E-state index in [0.717, 1.165) is 29.9 Å². The van der Waals surface area contributed by atoms with Gasteiger partial charge in [-0.15, -0.1) is 0 Å². The van der Waals surface area contributed by atoms with Crippen LogP contribution in [0.5, 0.6) is 0 Å². The van der Waals surface area contributed by atoms with Crippen LogP contribution < -0.4 is 0 Å². The topological polar surface area (TPSA) is 39.1 Å². The van der Waals surface area contributed by atoms with Crippen molar-refractivity contribution in [2.45, 2.75) is 26.3 Å². The van der Waals surface area contributed by atoms with E-state index in [1.54, 1.807) is 6.92 Å². The fraction of sp³-hybridized carbons (Fsp3) is 0.250. The van der Waals surface area contributed by atoms with Gasteiger partial charge in [0.1, 0.15) is 0 Å². The molecule has 0 spiro atoms. The number of nitrogens with zero attached hydrogens (tertiary/aromatic N) is 1. The fourth-order valence-electron chi connectivity index (χ4n) is 2.61. The van der Waals surface area contributed by atoms with Crippen molar-refractivity contribution in [2.24, 2.45) is 0 Å². The van der Waals surface area contributed by atoms with Gasteiger partial charge in [0.2, 0.25) is 0 Å². The van der Waals surface area contributed by atoms with Gasteiger partial charge in [-0.05, 0) is 31.0 Å². The average Bonchev–Trinajstić information content (AvgIpc) is 2.84. The zero-order valence-electron chi connectivity index (χ0n) is 10.8. The van der Waals surface area contributed by atoms with Gasteiger partial charge < -0.3 is 4.57 Å². The molecule has 1 aliphatic heterocycles. The molecule has 1 aliphatic rings. The molecule has 0 amide bonds. The van der Waals surface area contributed by atoms with Crippen LogP contribution in [0.1, 0.15) is 40.6 Å². The maximum atomic E-state index is 11.8. The molecule has 0 radical (unpaired) electrons. The smallest absolute Gasteiger partial charge is 0.179 e. The Morgan fingerprint density at radius 1 is 1.05 bits per heavy atom. The molecule has 0 atom stereocenters. The second-order valence-electron chi connectivity index (χ2n) is 4.92. The lowest BCUT2D eigenvalue weighted by Crippen LogP contribution is -2.16. The quantitative estimate of drug-likeness (QED) is 0.770. The second-order valence-corrected chi connectivity index (χ2v) is 4.92. The number of benzene rings is 1. The van der Waals surface area contributed by atoms with Gasteiger partial charge in [0.25, 0.3) is 0 Å². The molecule has 96 valence electrons. The minimum absolute atomic E-state index is 0.0684. The summed E-state index contributed by atoms with van der Waals surface area (Å²) in [6, 6.07) is 11.4. The summed E-state index contributed by atoms with van der Waals surface area (Å²) in [7, 11) is 0. The van der Waals surface area contributed by atoms with E-state index in [9.17, 15) is 9.59 Å². The molecule has 19 heavy (non-hydrogen) atoms.